The van der Waals surface area contributed by atoms with Gasteiger partial charge in [0.15, 0.2) is 0 Å². The fourth-order valence-corrected chi connectivity index (χ4v) is 2.99. The molecule has 104 valence electrons. The zero-order valence-corrected chi connectivity index (χ0v) is 11.9. The summed E-state index contributed by atoms with van der Waals surface area (Å²) >= 11 is 5.90. The maximum absolute atomic E-state index is 11.2. The van der Waals surface area contributed by atoms with Gasteiger partial charge >= 0.3 is 5.97 Å². The van der Waals surface area contributed by atoms with Crippen molar-refractivity contribution < 1.29 is 9.90 Å². The second-order valence-corrected chi connectivity index (χ2v) is 5.56. The third-order valence-electron chi connectivity index (χ3n) is 3.98. The summed E-state index contributed by atoms with van der Waals surface area (Å²) < 4.78 is 0. The van der Waals surface area contributed by atoms with Gasteiger partial charge < -0.3 is 5.11 Å². The van der Waals surface area contributed by atoms with Crippen LogP contribution in [0.2, 0.25) is 5.02 Å². The molecule has 1 aliphatic rings. The van der Waals surface area contributed by atoms with Crippen molar-refractivity contribution in [2.45, 2.75) is 38.1 Å². The molecule has 0 aliphatic carbocycles. The average Bonchev–Trinajstić information content (AvgIpc) is 2.41. The number of hydrogen-bond donors (Lipinski definition) is 1. The molecule has 4 heteroatoms. The molecule has 0 amide bonds. The zero-order chi connectivity index (χ0) is 13.8. The summed E-state index contributed by atoms with van der Waals surface area (Å²) in [5, 5.41) is 9.94. The Labute approximate surface area is 119 Å². The van der Waals surface area contributed by atoms with Crippen molar-refractivity contribution in [2.75, 3.05) is 13.1 Å². The molecule has 1 aromatic rings. The van der Waals surface area contributed by atoms with Crippen LogP contribution in [0, 0.1) is 0 Å². The van der Waals surface area contributed by atoms with Crippen molar-refractivity contribution >= 4 is 17.6 Å². The Kier molecular flexibility index (Phi) is 4.83. The van der Waals surface area contributed by atoms with Crippen LogP contribution in [-0.4, -0.2) is 35.1 Å². The van der Waals surface area contributed by atoms with E-state index in [4.69, 9.17) is 11.6 Å². The number of carboxylic acids is 1. The largest absolute Gasteiger partial charge is 0.480 e. The minimum Gasteiger partial charge on any atom is -0.480 e. The van der Waals surface area contributed by atoms with Gasteiger partial charge in [0.1, 0.15) is 6.04 Å². The molecule has 1 unspecified atom stereocenters. The van der Waals surface area contributed by atoms with Gasteiger partial charge in [-0.1, -0.05) is 30.7 Å². The SMILES string of the molecule is CCC(C(=O)O)N1CCC(c2ccc(Cl)cc2)CC1. The summed E-state index contributed by atoms with van der Waals surface area (Å²) in [4.78, 5) is 13.3. The normalized spacial score (nSPS) is 19.3. The standard InChI is InChI=1S/C15H20ClNO2/c1-2-14(15(18)19)17-9-7-12(8-10-17)11-3-5-13(16)6-4-11/h3-6,12,14H,2,7-10H2,1H3,(H,18,19). The van der Waals surface area contributed by atoms with Gasteiger partial charge in [-0.2, -0.15) is 0 Å². The van der Waals surface area contributed by atoms with E-state index in [1.807, 2.05) is 19.1 Å². The molecule has 3 nitrogen and oxygen atoms in total. The molecule has 0 radical (unpaired) electrons. The predicted molar refractivity (Wildman–Crippen MR) is 76.7 cm³/mol. The van der Waals surface area contributed by atoms with Crippen molar-refractivity contribution in [3.05, 3.63) is 34.9 Å². The number of piperidine rings is 1. The van der Waals surface area contributed by atoms with Gasteiger partial charge in [0.25, 0.3) is 0 Å². The Bertz CT molecular complexity index is 424. The summed E-state index contributed by atoms with van der Waals surface area (Å²) in [6.07, 6.45) is 2.71. The number of hydrogen-bond acceptors (Lipinski definition) is 2. The van der Waals surface area contributed by atoms with Gasteiger partial charge in [-0.05, 0) is 56.0 Å². The fraction of sp³-hybridized carbons (Fsp3) is 0.533. The molecule has 1 heterocycles. The van der Waals surface area contributed by atoms with Crippen LogP contribution in [0.3, 0.4) is 0 Å². The lowest BCUT2D eigenvalue weighted by Gasteiger charge is -2.35. The van der Waals surface area contributed by atoms with E-state index in [0.29, 0.717) is 12.3 Å². The number of likely N-dealkylation sites (tertiary alicyclic amines) is 1. The first-order chi connectivity index (χ1) is 9.11. The lowest BCUT2D eigenvalue weighted by atomic mass is 9.89. The van der Waals surface area contributed by atoms with E-state index >= 15 is 0 Å². The Morgan fingerprint density at radius 1 is 1.37 bits per heavy atom. The Hall–Kier alpha value is -1.06. The molecule has 2 rings (SSSR count). The average molecular weight is 282 g/mol. The number of aliphatic carboxylic acids is 1. The molecule has 1 fully saturated rings. The van der Waals surface area contributed by atoms with E-state index in [2.05, 4.69) is 17.0 Å². The molecule has 1 N–H and O–H groups in total. The lowest BCUT2D eigenvalue weighted by molar-refractivity contribution is -0.143. The quantitative estimate of drug-likeness (QED) is 0.920. The molecule has 0 spiro atoms. The van der Waals surface area contributed by atoms with E-state index in [1.165, 1.54) is 5.56 Å². The van der Waals surface area contributed by atoms with Gasteiger partial charge in [0.05, 0.1) is 0 Å². The van der Waals surface area contributed by atoms with Gasteiger partial charge in [-0.3, -0.25) is 9.69 Å². The van der Waals surface area contributed by atoms with E-state index in [1.54, 1.807) is 0 Å². The summed E-state index contributed by atoms with van der Waals surface area (Å²) in [6, 6.07) is 7.69. The first-order valence-electron chi connectivity index (χ1n) is 6.84. The van der Waals surface area contributed by atoms with Gasteiger partial charge in [-0.25, -0.2) is 0 Å². The smallest absolute Gasteiger partial charge is 0.320 e. The number of carbonyl (C=O) groups is 1. The highest BCUT2D eigenvalue weighted by molar-refractivity contribution is 6.30. The van der Waals surface area contributed by atoms with E-state index in [0.717, 1.165) is 31.0 Å². The fourth-order valence-electron chi connectivity index (χ4n) is 2.87. The van der Waals surface area contributed by atoms with Crippen LogP contribution in [0.15, 0.2) is 24.3 Å². The van der Waals surface area contributed by atoms with Crippen LogP contribution in [0.5, 0.6) is 0 Å². The predicted octanol–water partition coefficient (Wildman–Crippen LogP) is 3.38. The lowest BCUT2D eigenvalue weighted by Crippen LogP contribution is -2.44. The second kappa shape index (κ2) is 6.40. The monoisotopic (exact) mass is 281 g/mol. The summed E-state index contributed by atoms with van der Waals surface area (Å²) in [7, 11) is 0. The molecule has 1 aliphatic heterocycles. The maximum atomic E-state index is 11.2. The first kappa shape index (κ1) is 14.4. The van der Waals surface area contributed by atoms with Crippen LogP contribution in [-0.2, 0) is 4.79 Å². The highest BCUT2D eigenvalue weighted by Gasteiger charge is 2.28. The first-order valence-corrected chi connectivity index (χ1v) is 7.22. The van der Waals surface area contributed by atoms with Crippen molar-refractivity contribution in [3.63, 3.8) is 0 Å². The third-order valence-corrected chi connectivity index (χ3v) is 4.24. The van der Waals surface area contributed by atoms with E-state index in [-0.39, 0.29) is 6.04 Å². The van der Waals surface area contributed by atoms with Crippen molar-refractivity contribution in [3.8, 4) is 0 Å². The molecule has 19 heavy (non-hydrogen) atoms. The molecule has 1 atom stereocenters. The highest BCUT2D eigenvalue weighted by Crippen LogP contribution is 2.29. The van der Waals surface area contributed by atoms with Crippen molar-refractivity contribution in [1.82, 2.24) is 4.90 Å². The van der Waals surface area contributed by atoms with Crippen LogP contribution in [0.4, 0.5) is 0 Å². The second-order valence-electron chi connectivity index (χ2n) is 5.12. The van der Waals surface area contributed by atoms with Gasteiger partial charge in [0, 0.05) is 5.02 Å². The third kappa shape index (κ3) is 3.48. The minimum atomic E-state index is -0.701. The highest BCUT2D eigenvalue weighted by atomic mass is 35.5. The Morgan fingerprint density at radius 2 is 1.95 bits per heavy atom. The zero-order valence-electron chi connectivity index (χ0n) is 11.2. The van der Waals surface area contributed by atoms with Gasteiger partial charge in [-0.15, -0.1) is 0 Å². The molecular weight excluding hydrogens is 262 g/mol. The van der Waals surface area contributed by atoms with E-state index < -0.39 is 5.97 Å². The number of halogens is 1. The maximum Gasteiger partial charge on any atom is 0.320 e. The van der Waals surface area contributed by atoms with Crippen LogP contribution < -0.4 is 0 Å². The molecular formula is C15H20ClNO2. The molecule has 1 aromatic carbocycles. The minimum absolute atomic E-state index is 0.328. The number of rotatable bonds is 4. The van der Waals surface area contributed by atoms with Crippen molar-refractivity contribution in [1.29, 1.82) is 0 Å². The van der Waals surface area contributed by atoms with Crippen LogP contribution >= 0.6 is 11.6 Å². The summed E-state index contributed by atoms with van der Waals surface area (Å²) in [5.74, 6) is -0.174. The van der Waals surface area contributed by atoms with Crippen LogP contribution in [0.25, 0.3) is 0 Å². The summed E-state index contributed by atoms with van der Waals surface area (Å²) in [5.41, 5.74) is 1.31. The Balaban J connectivity index is 1.95. The van der Waals surface area contributed by atoms with E-state index in [9.17, 15) is 9.90 Å². The van der Waals surface area contributed by atoms with Crippen molar-refractivity contribution in [2.24, 2.45) is 0 Å². The van der Waals surface area contributed by atoms with Crippen LogP contribution in [0.1, 0.15) is 37.7 Å². The number of nitrogens with zero attached hydrogens (tertiary/aromatic N) is 1. The summed E-state index contributed by atoms with van der Waals surface area (Å²) in [6.45, 7) is 3.65. The Morgan fingerprint density at radius 3 is 2.42 bits per heavy atom. The topological polar surface area (TPSA) is 40.5 Å². The number of benzene rings is 1. The molecule has 0 saturated carbocycles. The van der Waals surface area contributed by atoms with Gasteiger partial charge in [0.2, 0.25) is 0 Å². The molecule has 0 aromatic heterocycles. The molecule has 0 bridgehead atoms. The molecule has 1 saturated heterocycles. The number of carboxylic acid groups (broad SMARTS) is 1.